The number of hydrogen-bond donors (Lipinski definition) is 2. The minimum absolute atomic E-state index is 0.0251. The summed E-state index contributed by atoms with van der Waals surface area (Å²) in [6.45, 7) is -1.46. The molecular weight excluding hydrogens is 469 g/mol. The van der Waals surface area contributed by atoms with Gasteiger partial charge in [-0.3, -0.25) is 9.59 Å². The molecule has 10 nitrogen and oxygen atoms in total. The summed E-state index contributed by atoms with van der Waals surface area (Å²) in [5.41, 5.74) is 6.10. The van der Waals surface area contributed by atoms with Gasteiger partial charge in [-0.2, -0.15) is 13.2 Å². The summed E-state index contributed by atoms with van der Waals surface area (Å²) < 4.78 is 48.6. The first-order chi connectivity index (χ1) is 16.6. The lowest BCUT2D eigenvalue weighted by molar-refractivity contribution is -0.154. The van der Waals surface area contributed by atoms with Crippen molar-refractivity contribution in [3.63, 3.8) is 0 Å². The number of alkyl halides is 3. The summed E-state index contributed by atoms with van der Waals surface area (Å²) in [5.74, 6) is -0.979. The van der Waals surface area contributed by atoms with Crippen LogP contribution >= 0.6 is 0 Å². The zero-order valence-electron chi connectivity index (χ0n) is 18.3. The Kier molecular flexibility index (Phi) is 5.49. The van der Waals surface area contributed by atoms with Gasteiger partial charge >= 0.3 is 6.18 Å². The van der Waals surface area contributed by atoms with Gasteiger partial charge in [0.2, 0.25) is 11.8 Å². The molecule has 2 amide bonds. The first-order valence-electron chi connectivity index (χ1n) is 10.9. The number of carbonyl (C=O) groups is 2. The SMILES string of the molecule is NC(=O)c1cccnc1OC1CC2(CC(NC(=O)c3cn4nc(OCC(F)(F)F)ccc4n3)C2)C1. The van der Waals surface area contributed by atoms with E-state index in [0.29, 0.717) is 5.65 Å². The van der Waals surface area contributed by atoms with Crippen LogP contribution in [0.1, 0.15) is 46.5 Å². The van der Waals surface area contributed by atoms with E-state index in [4.69, 9.17) is 10.5 Å². The van der Waals surface area contributed by atoms with E-state index in [-0.39, 0.29) is 46.5 Å². The van der Waals surface area contributed by atoms with Crippen LogP contribution in [0.4, 0.5) is 13.2 Å². The fourth-order valence-corrected chi connectivity index (χ4v) is 4.71. The highest BCUT2D eigenvalue weighted by atomic mass is 19.4. The topological polar surface area (TPSA) is 134 Å². The number of nitrogens with one attached hydrogen (secondary N) is 1. The van der Waals surface area contributed by atoms with Crippen LogP contribution in [0, 0.1) is 5.41 Å². The Balaban J connectivity index is 1.12. The van der Waals surface area contributed by atoms with Crippen molar-refractivity contribution in [2.24, 2.45) is 11.1 Å². The molecule has 3 heterocycles. The van der Waals surface area contributed by atoms with E-state index in [2.05, 4.69) is 25.1 Å². The van der Waals surface area contributed by atoms with Gasteiger partial charge in [0.05, 0.1) is 6.20 Å². The van der Waals surface area contributed by atoms with Crippen LogP contribution in [0.3, 0.4) is 0 Å². The Morgan fingerprint density at radius 3 is 2.69 bits per heavy atom. The Morgan fingerprint density at radius 2 is 1.97 bits per heavy atom. The summed E-state index contributed by atoms with van der Waals surface area (Å²) >= 11 is 0. The Bertz CT molecular complexity index is 1280. The van der Waals surface area contributed by atoms with Gasteiger partial charge < -0.3 is 20.5 Å². The first kappa shape index (κ1) is 22.9. The third kappa shape index (κ3) is 4.84. The maximum absolute atomic E-state index is 12.6. The molecule has 0 atom stereocenters. The number of ether oxygens (including phenoxy) is 2. The van der Waals surface area contributed by atoms with Crippen LogP contribution in [0.25, 0.3) is 5.65 Å². The van der Waals surface area contributed by atoms with Crippen molar-refractivity contribution in [3.05, 3.63) is 47.9 Å². The molecule has 1 spiro atoms. The normalized spacial score (nSPS) is 23.4. The number of rotatable bonds is 7. The quantitative estimate of drug-likeness (QED) is 0.519. The lowest BCUT2D eigenvalue weighted by atomic mass is 9.53. The van der Waals surface area contributed by atoms with Crippen LogP contribution < -0.4 is 20.5 Å². The summed E-state index contributed by atoms with van der Waals surface area (Å²) in [7, 11) is 0. The summed E-state index contributed by atoms with van der Waals surface area (Å²) in [4.78, 5) is 32.4. The van der Waals surface area contributed by atoms with E-state index >= 15 is 0 Å². The number of amides is 2. The second-order valence-corrected chi connectivity index (χ2v) is 8.95. The van der Waals surface area contributed by atoms with Gasteiger partial charge in [-0.05, 0) is 49.3 Å². The number of fused-ring (bicyclic) bond motifs is 1. The highest BCUT2D eigenvalue weighted by Gasteiger charge is 2.54. The monoisotopic (exact) mass is 490 g/mol. The Hall–Kier alpha value is -3.90. The van der Waals surface area contributed by atoms with E-state index in [0.717, 1.165) is 25.7 Å². The van der Waals surface area contributed by atoms with E-state index in [9.17, 15) is 22.8 Å². The lowest BCUT2D eigenvalue weighted by Gasteiger charge is -2.57. The van der Waals surface area contributed by atoms with Gasteiger partial charge in [-0.1, -0.05) is 0 Å². The smallest absolute Gasteiger partial charge is 0.422 e. The number of nitrogens with two attached hydrogens (primary N) is 1. The van der Waals surface area contributed by atoms with Crippen molar-refractivity contribution in [1.82, 2.24) is 24.9 Å². The molecule has 0 aromatic carbocycles. The fourth-order valence-electron chi connectivity index (χ4n) is 4.71. The van der Waals surface area contributed by atoms with Gasteiger partial charge in [0.15, 0.2) is 12.3 Å². The third-order valence-electron chi connectivity index (χ3n) is 6.24. The zero-order valence-corrected chi connectivity index (χ0v) is 18.3. The van der Waals surface area contributed by atoms with Gasteiger partial charge in [-0.15, -0.1) is 5.10 Å². The maximum Gasteiger partial charge on any atom is 0.422 e. The number of hydrogen-bond acceptors (Lipinski definition) is 7. The fraction of sp³-hybridized carbons (Fsp3) is 0.409. The van der Waals surface area contributed by atoms with Crippen LogP contribution in [0.2, 0.25) is 0 Å². The number of aromatic nitrogens is 4. The molecule has 5 rings (SSSR count). The number of halogens is 3. The van der Waals surface area contributed by atoms with Gasteiger partial charge in [0, 0.05) is 18.3 Å². The molecule has 2 aliphatic rings. The highest BCUT2D eigenvalue weighted by molar-refractivity contribution is 5.95. The zero-order chi connectivity index (χ0) is 24.8. The van der Waals surface area contributed by atoms with E-state index in [1.165, 1.54) is 29.0 Å². The number of primary amides is 1. The summed E-state index contributed by atoms with van der Waals surface area (Å²) in [6, 6.07) is 5.85. The van der Waals surface area contributed by atoms with Gasteiger partial charge in [-0.25, -0.2) is 14.5 Å². The molecule has 3 aromatic heterocycles. The first-order valence-corrected chi connectivity index (χ1v) is 10.9. The molecule has 184 valence electrons. The van der Waals surface area contributed by atoms with Crippen LogP contribution in [0.15, 0.2) is 36.7 Å². The van der Waals surface area contributed by atoms with Gasteiger partial charge in [0.1, 0.15) is 17.4 Å². The molecule has 35 heavy (non-hydrogen) atoms. The molecule has 2 fully saturated rings. The predicted octanol–water partition coefficient (Wildman–Crippen LogP) is 2.28. The molecule has 3 aromatic rings. The van der Waals surface area contributed by atoms with E-state index in [1.807, 2.05) is 0 Å². The Labute approximate surface area is 196 Å². The molecule has 0 saturated heterocycles. The highest BCUT2D eigenvalue weighted by Crippen LogP contribution is 2.56. The van der Waals surface area contributed by atoms with Crippen LogP contribution in [0.5, 0.6) is 11.8 Å². The average Bonchev–Trinajstić information content (AvgIpc) is 3.18. The average molecular weight is 490 g/mol. The lowest BCUT2D eigenvalue weighted by Crippen LogP contribution is -2.58. The molecule has 0 aliphatic heterocycles. The maximum atomic E-state index is 12.6. The van der Waals surface area contributed by atoms with Crippen molar-refractivity contribution in [2.75, 3.05) is 6.61 Å². The molecule has 0 bridgehead atoms. The predicted molar refractivity (Wildman–Crippen MR) is 114 cm³/mol. The molecule has 0 unspecified atom stereocenters. The summed E-state index contributed by atoms with van der Waals surface area (Å²) in [6.07, 6.45) is 1.47. The molecule has 2 aliphatic carbocycles. The summed E-state index contributed by atoms with van der Waals surface area (Å²) in [5, 5.41) is 6.83. The van der Waals surface area contributed by atoms with Crippen molar-refractivity contribution in [2.45, 2.75) is 44.0 Å². The largest absolute Gasteiger partial charge is 0.474 e. The number of imidazole rings is 1. The molecular formula is C22H21F3N6O4. The second kappa shape index (κ2) is 8.40. The third-order valence-corrected chi connectivity index (χ3v) is 6.24. The molecule has 13 heteroatoms. The number of nitrogens with zero attached hydrogens (tertiary/aromatic N) is 4. The number of carbonyl (C=O) groups excluding carboxylic acids is 2. The number of pyridine rings is 1. The van der Waals surface area contributed by atoms with Crippen molar-refractivity contribution in [3.8, 4) is 11.8 Å². The van der Waals surface area contributed by atoms with E-state index in [1.54, 1.807) is 12.1 Å². The van der Waals surface area contributed by atoms with Crippen molar-refractivity contribution in [1.29, 1.82) is 0 Å². The molecule has 0 radical (unpaired) electrons. The van der Waals surface area contributed by atoms with Crippen LogP contribution in [-0.4, -0.2) is 56.3 Å². The standard InChI is InChI=1S/C22H21F3N6O4/c23-22(24,25)11-34-17-4-3-16-29-15(10-31(16)30-17)19(33)28-12-6-21(7-12)8-13(9-21)35-20-14(18(26)32)2-1-5-27-20/h1-5,10,12-13H,6-9,11H2,(H2,26,32)(H,28,33). The van der Waals surface area contributed by atoms with E-state index < -0.39 is 18.7 Å². The van der Waals surface area contributed by atoms with Crippen molar-refractivity contribution >= 4 is 17.5 Å². The minimum Gasteiger partial charge on any atom is -0.474 e. The Morgan fingerprint density at radius 1 is 1.20 bits per heavy atom. The van der Waals surface area contributed by atoms with Gasteiger partial charge in [0.25, 0.3) is 11.8 Å². The minimum atomic E-state index is -4.48. The molecule has 2 saturated carbocycles. The van der Waals surface area contributed by atoms with Crippen molar-refractivity contribution < 1.29 is 32.2 Å². The van der Waals surface area contributed by atoms with Crippen LogP contribution in [-0.2, 0) is 0 Å². The second-order valence-electron chi connectivity index (χ2n) is 8.95. The molecule has 3 N–H and O–H groups in total.